The Morgan fingerprint density at radius 1 is 0.443 bits per heavy atom. The van der Waals surface area contributed by atoms with E-state index in [4.69, 9.17) is 0 Å². The van der Waals surface area contributed by atoms with Gasteiger partial charge >= 0.3 is 0 Å². The summed E-state index contributed by atoms with van der Waals surface area (Å²) in [6, 6.07) is 71.3. The average Bonchev–Trinajstić information content (AvgIpc) is 3.88. The lowest BCUT2D eigenvalue weighted by molar-refractivity contribution is 0.695. The lowest BCUT2D eigenvalue weighted by atomic mass is 9.70. The number of para-hydroxylation sites is 3. The molecule has 0 bridgehead atoms. The van der Waals surface area contributed by atoms with Crippen LogP contribution in [0.15, 0.2) is 231 Å². The van der Waals surface area contributed by atoms with Crippen LogP contribution < -0.4 is 4.90 Å². The Morgan fingerprint density at radius 2 is 1.03 bits per heavy atom. The molecule has 10 aromatic rings. The summed E-state index contributed by atoms with van der Waals surface area (Å²) in [7, 11) is 0. The number of allylic oxidation sites excluding steroid dienone is 8. The van der Waals surface area contributed by atoms with Crippen LogP contribution in [-0.4, -0.2) is 4.57 Å². The zero-order valence-electron chi connectivity index (χ0n) is 33.4. The summed E-state index contributed by atoms with van der Waals surface area (Å²) in [5.41, 5.74) is 14.4. The number of hydrogen-bond donors (Lipinski definition) is 0. The van der Waals surface area contributed by atoms with E-state index in [0.29, 0.717) is 0 Å². The molecule has 0 fully saturated rings. The topological polar surface area (TPSA) is 8.17 Å². The lowest BCUT2D eigenvalue weighted by Gasteiger charge is -2.35. The van der Waals surface area contributed by atoms with Crippen LogP contribution in [0.25, 0.3) is 69.9 Å². The predicted molar refractivity (Wildman–Crippen MR) is 261 cm³/mol. The van der Waals surface area contributed by atoms with Gasteiger partial charge in [-0.3, -0.25) is 0 Å². The van der Waals surface area contributed by atoms with Crippen molar-refractivity contribution < 1.29 is 0 Å². The van der Waals surface area contributed by atoms with Gasteiger partial charge in [0.2, 0.25) is 0 Å². The smallest absolute Gasteiger partial charge is 0.0541 e. The molecular weight excluding hydrogens is 757 g/mol. The van der Waals surface area contributed by atoms with E-state index < -0.39 is 0 Å². The monoisotopic (exact) mass is 796 g/mol. The number of benzene rings is 8. The molecule has 2 atom stereocenters. The van der Waals surface area contributed by atoms with Crippen LogP contribution in [0.5, 0.6) is 0 Å². The molecule has 0 N–H and O–H groups in total. The normalized spacial score (nSPS) is 15.9. The molecule has 2 nitrogen and oxygen atoms in total. The summed E-state index contributed by atoms with van der Waals surface area (Å²) in [6.45, 7) is 0. The van der Waals surface area contributed by atoms with Crippen LogP contribution in [0.1, 0.15) is 11.1 Å². The van der Waals surface area contributed by atoms with Crippen molar-refractivity contribution >= 4 is 81.5 Å². The fourth-order valence-corrected chi connectivity index (χ4v) is 11.1. The fraction of sp³-hybridized carbons (Fsp3) is 0.0345. The molecule has 0 aliphatic heterocycles. The molecule has 0 amide bonds. The van der Waals surface area contributed by atoms with Crippen LogP contribution in [0.3, 0.4) is 0 Å². The first kappa shape index (κ1) is 35.5. The second kappa shape index (κ2) is 14.7. The Hall–Kier alpha value is -7.46. The summed E-state index contributed by atoms with van der Waals surface area (Å²) < 4.78 is 5.04. The molecule has 2 heterocycles. The highest BCUT2D eigenvalue weighted by Gasteiger charge is 2.32. The maximum atomic E-state index is 2.49. The van der Waals surface area contributed by atoms with Gasteiger partial charge in [0.15, 0.2) is 0 Å². The highest BCUT2D eigenvalue weighted by atomic mass is 32.1. The first-order valence-electron chi connectivity index (χ1n) is 21.1. The van der Waals surface area contributed by atoms with E-state index in [2.05, 4.69) is 240 Å². The Kier molecular flexibility index (Phi) is 8.53. The van der Waals surface area contributed by atoms with Crippen molar-refractivity contribution in [2.45, 2.75) is 0 Å². The van der Waals surface area contributed by atoms with Crippen molar-refractivity contribution in [3.8, 4) is 16.8 Å². The summed E-state index contributed by atoms with van der Waals surface area (Å²) >= 11 is 1.87. The van der Waals surface area contributed by atoms with Gasteiger partial charge in [0.05, 0.1) is 16.7 Å². The zero-order valence-corrected chi connectivity index (χ0v) is 34.2. The van der Waals surface area contributed by atoms with Crippen LogP contribution in [0.4, 0.5) is 17.1 Å². The predicted octanol–water partition coefficient (Wildman–Crippen LogP) is 16.1. The molecule has 2 aliphatic carbocycles. The molecule has 0 radical (unpaired) electrons. The number of aromatic nitrogens is 1. The molecule has 12 rings (SSSR count). The number of anilines is 3. The number of hydrogen-bond acceptors (Lipinski definition) is 2. The Bertz CT molecular complexity index is 3390. The minimum atomic E-state index is 0.167. The van der Waals surface area contributed by atoms with Gasteiger partial charge < -0.3 is 9.47 Å². The molecule has 2 aromatic heterocycles. The molecule has 61 heavy (non-hydrogen) atoms. The van der Waals surface area contributed by atoms with Crippen molar-refractivity contribution in [2.24, 2.45) is 11.8 Å². The van der Waals surface area contributed by atoms with Crippen LogP contribution in [-0.2, 0) is 0 Å². The third-order valence-electron chi connectivity index (χ3n) is 12.6. The van der Waals surface area contributed by atoms with Gasteiger partial charge in [-0.25, -0.2) is 0 Å². The third-order valence-corrected chi connectivity index (χ3v) is 13.7. The maximum absolute atomic E-state index is 2.49. The number of nitrogens with zero attached hydrogens (tertiary/aromatic N) is 2. The highest BCUT2D eigenvalue weighted by Crippen LogP contribution is 2.50. The van der Waals surface area contributed by atoms with Crippen molar-refractivity contribution in [1.82, 2.24) is 4.57 Å². The SMILES string of the molecule is C1=CC2C=CC=C(c3ccccc3N(c3cccc(-c4cccc5sc6ccccc6c45)c3)c3cccc(-n4c5ccccc5c5ccccc54)c3)C2C(c2ccccc2)=C1. The van der Waals surface area contributed by atoms with Gasteiger partial charge in [0.1, 0.15) is 0 Å². The minimum Gasteiger partial charge on any atom is -0.310 e. The maximum Gasteiger partial charge on any atom is 0.0541 e. The largest absolute Gasteiger partial charge is 0.310 e. The van der Waals surface area contributed by atoms with E-state index in [1.165, 1.54) is 75.4 Å². The van der Waals surface area contributed by atoms with Crippen LogP contribution >= 0.6 is 11.3 Å². The van der Waals surface area contributed by atoms with Gasteiger partial charge in [-0.05, 0) is 88.5 Å². The van der Waals surface area contributed by atoms with E-state index in [-0.39, 0.29) is 11.8 Å². The van der Waals surface area contributed by atoms with Gasteiger partial charge in [-0.1, -0.05) is 170 Å². The molecule has 0 saturated heterocycles. The van der Waals surface area contributed by atoms with E-state index in [9.17, 15) is 0 Å². The van der Waals surface area contributed by atoms with E-state index >= 15 is 0 Å². The van der Waals surface area contributed by atoms with Gasteiger partial charge in [0.25, 0.3) is 0 Å². The van der Waals surface area contributed by atoms with Crippen LogP contribution in [0, 0.1) is 11.8 Å². The third kappa shape index (κ3) is 5.92. The van der Waals surface area contributed by atoms with E-state index in [1.807, 2.05) is 11.3 Å². The quantitative estimate of drug-likeness (QED) is 0.156. The lowest BCUT2D eigenvalue weighted by Crippen LogP contribution is -2.21. The van der Waals surface area contributed by atoms with Crippen molar-refractivity contribution in [3.63, 3.8) is 0 Å². The molecule has 2 aliphatic rings. The molecule has 0 saturated carbocycles. The first-order chi connectivity index (χ1) is 30.3. The Labute approximate surface area is 359 Å². The van der Waals surface area contributed by atoms with Crippen molar-refractivity contribution in [1.29, 1.82) is 0 Å². The fourth-order valence-electron chi connectivity index (χ4n) is 9.95. The van der Waals surface area contributed by atoms with Crippen LogP contribution in [0.2, 0.25) is 0 Å². The van der Waals surface area contributed by atoms with Gasteiger partial charge in [-0.2, -0.15) is 0 Å². The Balaban J connectivity index is 1.08. The Morgan fingerprint density at radius 3 is 1.84 bits per heavy atom. The van der Waals surface area contributed by atoms with Gasteiger partial charge in [-0.15, -0.1) is 11.3 Å². The van der Waals surface area contributed by atoms with E-state index in [1.54, 1.807) is 0 Å². The summed E-state index contributed by atoms with van der Waals surface area (Å²) in [5, 5.41) is 5.13. The number of thiophene rings is 1. The molecular formula is C58H40N2S. The van der Waals surface area contributed by atoms with Gasteiger partial charge in [0, 0.05) is 65.4 Å². The first-order valence-corrected chi connectivity index (χ1v) is 21.9. The second-order valence-corrected chi connectivity index (χ2v) is 17.1. The zero-order chi connectivity index (χ0) is 40.3. The summed E-state index contributed by atoms with van der Waals surface area (Å²) in [5.74, 6) is 0.421. The summed E-state index contributed by atoms with van der Waals surface area (Å²) in [4.78, 5) is 2.49. The average molecular weight is 797 g/mol. The minimum absolute atomic E-state index is 0.167. The molecule has 2 unspecified atom stereocenters. The molecule has 8 aromatic carbocycles. The number of fused-ring (bicyclic) bond motifs is 7. The molecule has 0 spiro atoms. The number of rotatable bonds is 7. The van der Waals surface area contributed by atoms with E-state index in [0.717, 1.165) is 22.7 Å². The second-order valence-electron chi connectivity index (χ2n) is 16.0. The highest BCUT2D eigenvalue weighted by molar-refractivity contribution is 7.25. The molecule has 3 heteroatoms. The van der Waals surface area contributed by atoms with Crippen molar-refractivity contribution in [3.05, 3.63) is 242 Å². The molecule has 288 valence electrons. The standard InChI is InChI=1S/C58H40N2S/c1-2-17-39(18-3-1)45-29-13-19-40-20-14-31-50(57(40)45)49-27-6-8-32-52(49)59(42-22-12-21-41(37-42)46-30-16-36-56-58(46)51-28-7-11-35-55(51)61-56)43-23-15-24-44(38-43)60-53-33-9-4-25-47(53)48-26-5-10-34-54(48)60/h1-38,40,57H. The summed E-state index contributed by atoms with van der Waals surface area (Å²) in [6.07, 6.45) is 13.9. The van der Waals surface area contributed by atoms with Crippen molar-refractivity contribution in [2.75, 3.05) is 4.90 Å².